The van der Waals surface area contributed by atoms with E-state index in [0.717, 1.165) is 21.9 Å². The maximum atomic E-state index is 13.4. The van der Waals surface area contributed by atoms with Gasteiger partial charge in [0.05, 0.1) is 44.3 Å². The van der Waals surface area contributed by atoms with Gasteiger partial charge in [-0.05, 0) is 36.2 Å². The first-order valence-corrected chi connectivity index (χ1v) is 13.1. The number of sulfonamides is 1. The van der Waals surface area contributed by atoms with Gasteiger partial charge in [0, 0.05) is 10.5 Å². The molecule has 0 saturated carbocycles. The van der Waals surface area contributed by atoms with E-state index in [9.17, 15) is 13.2 Å². The minimum atomic E-state index is -3.75. The van der Waals surface area contributed by atoms with Crippen molar-refractivity contribution in [3.63, 3.8) is 0 Å². The topological polar surface area (TPSA) is 84.9 Å². The number of nitrogens with zero attached hydrogens (tertiary/aromatic N) is 1. The molecule has 1 unspecified atom stereocenters. The molecule has 9 heteroatoms. The summed E-state index contributed by atoms with van der Waals surface area (Å²) in [6.07, 6.45) is 1.11. The van der Waals surface area contributed by atoms with E-state index in [1.807, 2.05) is 61.5 Å². The van der Waals surface area contributed by atoms with E-state index >= 15 is 0 Å². The Balaban J connectivity index is 2.08. The third-order valence-corrected chi connectivity index (χ3v) is 6.90. The van der Waals surface area contributed by atoms with Crippen LogP contribution in [-0.4, -0.2) is 34.8 Å². The number of methoxy groups -OCH3 is 2. The van der Waals surface area contributed by atoms with E-state index in [0.29, 0.717) is 11.5 Å². The molecule has 34 heavy (non-hydrogen) atoms. The highest BCUT2D eigenvalue weighted by molar-refractivity contribution is 9.10. The van der Waals surface area contributed by atoms with Crippen LogP contribution in [0.25, 0.3) is 0 Å². The van der Waals surface area contributed by atoms with Gasteiger partial charge < -0.3 is 14.8 Å². The van der Waals surface area contributed by atoms with Crippen molar-refractivity contribution in [1.82, 2.24) is 5.32 Å². The summed E-state index contributed by atoms with van der Waals surface area (Å²) in [6, 6.07) is 19.5. The lowest BCUT2D eigenvalue weighted by Gasteiger charge is -2.26. The number of benzene rings is 3. The Morgan fingerprint density at radius 3 is 2.24 bits per heavy atom. The van der Waals surface area contributed by atoms with Crippen LogP contribution in [0.3, 0.4) is 0 Å². The van der Waals surface area contributed by atoms with E-state index in [1.165, 1.54) is 30.7 Å². The average molecular weight is 547 g/mol. The smallest absolute Gasteiger partial charge is 0.254 e. The van der Waals surface area contributed by atoms with Crippen LogP contribution in [0.15, 0.2) is 71.2 Å². The minimum Gasteiger partial charge on any atom is -0.493 e. The third kappa shape index (κ3) is 6.09. The number of ether oxygens (including phenoxy) is 2. The number of hydrogen-bond acceptors (Lipinski definition) is 5. The van der Waals surface area contributed by atoms with Crippen molar-refractivity contribution in [3.8, 4) is 11.5 Å². The normalized spacial score (nSPS) is 12.0. The molecule has 7 nitrogen and oxygen atoms in total. The second-order valence-corrected chi connectivity index (χ2v) is 10.6. The van der Waals surface area contributed by atoms with Gasteiger partial charge in [-0.2, -0.15) is 0 Å². The van der Waals surface area contributed by atoms with E-state index in [1.54, 1.807) is 0 Å². The highest BCUT2D eigenvalue weighted by Crippen LogP contribution is 2.37. The van der Waals surface area contributed by atoms with Crippen LogP contribution in [0.1, 0.15) is 34.5 Å². The molecule has 0 radical (unpaired) electrons. The molecular formula is C25H27BrN2O5S. The maximum absolute atomic E-state index is 13.4. The largest absolute Gasteiger partial charge is 0.493 e. The number of nitrogens with one attached hydrogen (secondary N) is 1. The molecule has 0 fully saturated rings. The summed E-state index contributed by atoms with van der Waals surface area (Å²) in [5.41, 5.74) is 2.02. The summed E-state index contributed by atoms with van der Waals surface area (Å²) >= 11 is 3.44. The van der Waals surface area contributed by atoms with Crippen LogP contribution in [0.2, 0.25) is 0 Å². The predicted molar refractivity (Wildman–Crippen MR) is 137 cm³/mol. The SMILES string of the molecule is COc1cc(C(=O)NC(C)c2cccc(Br)c2)c(N(Cc2ccccc2)S(C)(=O)=O)cc1OC. The molecule has 0 heterocycles. The fraction of sp³-hybridized carbons (Fsp3) is 0.240. The van der Waals surface area contributed by atoms with Crippen LogP contribution in [0.4, 0.5) is 5.69 Å². The van der Waals surface area contributed by atoms with E-state index in [2.05, 4.69) is 21.2 Å². The first-order chi connectivity index (χ1) is 16.1. The monoisotopic (exact) mass is 546 g/mol. The molecule has 1 atom stereocenters. The number of hydrogen-bond donors (Lipinski definition) is 1. The van der Waals surface area contributed by atoms with Crippen molar-refractivity contribution in [2.24, 2.45) is 0 Å². The van der Waals surface area contributed by atoms with Gasteiger partial charge in [-0.15, -0.1) is 0 Å². The van der Waals surface area contributed by atoms with E-state index in [4.69, 9.17) is 9.47 Å². The molecule has 1 amide bonds. The van der Waals surface area contributed by atoms with E-state index < -0.39 is 15.9 Å². The Bertz CT molecular complexity index is 1270. The molecule has 1 N–H and O–H groups in total. The number of anilines is 1. The lowest BCUT2D eigenvalue weighted by molar-refractivity contribution is 0.0940. The zero-order valence-electron chi connectivity index (χ0n) is 19.4. The Hall–Kier alpha value is -3.04. The van der Waals surface area contributed by atoms with Crippen molar-refractivity contribution in [2.75, 3.05) is 24.8 Å². The molecule has 3 rings (SSSR count). The molecule has 0 bridgehead atoms. The van der Waals surface area contributed by atoms with Crippen molar-refractivity contribution >= 4 is 37.5 Å². The zero-order chi connectivity index (χ0) is 24.9. The van der Waals surface area contributed by atoms with Gasteiger partial charge in [0.1, 0.15) is 0 Å². The molecule has 3 aromatic rings. The quantitative estimate of drug-likeness (QED) is 0.411. The highest BCUT2D eigenvalue weighted by Gasteiger charge is 2.27. The lowest BCUT2D eigenvalue weighted by Crippen LogP contribution is -2.33. The Kier molecular flexibility index (Phi) is 8.22. The van der Waals surface area contributed by atoms with Crippen molar-refractivity contribution in [1.29, 1.82) is 0 Å². The average Bonchev–Trinajstić information content (AvgIpc) is 2.81. The Morgan fingerprint density at radius 2 is 1.65 bits per heavy atom. The maximum Gasteiger partial charge on any atom is 0.254 e. The van der Waals surface area contributed by atoms with Crippen molar-refractivity contribution in [3.05, 3.63) is 87.9 Å². The molecule has 180 valence electrons. The third-order valence-electron chi connectivity index (χ3n) is 5.28. The highest BCUT2D eigenvalue weighted by atomic mass is 79.9. The van der Waals surface area contributed by atoms with Crippen LogP contribution in [0.5, 0.6) is 11.5 Å². The van der Waals surface area contributed by atoms with Gasteiger partial charge in [-0.25, -0.2) is 8.42 Å². The molecular weight excluding hydrogens is 520 g/mol. The molecule has 0 aliphatic heterocycles. The van der Waals surface area contributed by atoms with Gasteiger partial charge in [-0.1, -0.05) is 58.4 Å². The van der Waals surface area contributed by atoms with Gasteiger partial charge in [0.25, 0.3) is 5.91 Å². The molecule has 0 aliphatic carbocycles. The fourth-order valence-electron chi connectivity index (χ4n) is 3.52. The van der Waals surface area contributed by atoms with Crippen LogP contribution >= 0.6 is 15.9 Å². The minimum absolute atomic E-state index is 0.0522. The first kappa shape index (κ1) is 25.6. The molecule has 0 aliphatic rings. The number of carbonyl (C=O) groups excluding carboxylic acids is 1. The van der Waals surface area contributed by atoms with Crippen LogP contribution < -0.4 is 19.1 Å². The molecule has 0 saturated heterocycles. The number of amides is 1. The predicted octanol–water partition coefficient (Wildman–Crippen LogP) is 4.92. The van der Waals surface area contributed by atoms with Crippen LogP contribution in [-0.2, 0) is 16.6 Å². The molecule has 0 aromatic heterocycles. The fourth-order valence-corrected chi connectivity index (χ4v) is 4.83. The van der Waals surface area contributed by atoms with Gasteiger partial charge in [-0.3, -0.25) is 9.10 Å². The number of carbonyl (C=O) groups is 1. The Labute approximate surface area is 208 Å². The standard InChI is InChI=1S/C25H27BrN2O5S/c1-17(19-11-8-12-20(26)13-19)27-25(29)21-14-23(32-2)24(33-3)15-22(21)28(34(4,30)31)16-18-9-6-5-7-10-18/h5-15,17H,16H2,1-4H3,(H,27,29). The van der Waals surface area contributed by atoms with Crippen LogP contribution in [0, 0.1) is 0 Å². The lowest BCUT2D eigenvalue weighted by atomic mass is 10.1. The van der Waals surface area contributed by atoms with Gasteiger partial charge >= 0.3 is 0 Å². The summed E-state index contributed by atoms with van der Waals surface area (Å²) in [5, 5.41) is 2.96. The Morgan fingerprint density at radius 1 is 1.00 bits per heavy atom. The summed E-state index contributed by atoms with van der Waals surface area (Å²) in [4.78, 5) is 13.4. The van der Waals surface area contributed by atoms with Gasteiger partial charge in [0.2, 0.25) is 10.0 Å². The first-order valence-electron chi connectivity index (χ1n) is 10.5. The second-order valence-electron chi connectivity index (χ2n) is 7.73. The van der Waals surface area contributed by atoms with Crippen molar-refractivity contribution in [2.45, 2.75) is 19.5 Å². The summed E-state index contributed by atoms with van der Waals surface area (Å²) in [5.74, 6) is 0.195. The zero-order valence-corrected chi connectivity index (χ0v) is 21.8. The number of halogens is 1. The van der Waals surface area contributed by atoms with Gasteiger partial charge in [0.15, 0.2) is 11.5 Å². The summed E-state index contributed by atoms with van der Waals surface area (Å²) < 4.78 is 38.6. The summed E-state index contributed by atoms with van der Waals surface area (Å²) in [6.45, 7) is 1.91. The molecule has 0 spiro atoms. The summed E-state index contributed by atoms with van der Waals surface area (Å²) in [7, 11) is -0.835. The van der Waals surface area contributed by atoms with E-state index in [-0.39, 0.29) is 23.8 Å². The number of rotatable bonds is 9. The van der Waals surface area contributed by atoms with Crippen molar-refractivity contribution < 1.29 is 22.7 Å². The molecule has 3 aromatic carbocycles. The second kappa shape index (κ2) is 10.9.